The van der Waals surface area contributed by atoms with Crippen molar-refractivity contribution in [3.63, 3.8) is 0 Å². The summed E-state index contributed by atoms with van der Waals surface area (Å²) in [7, 11) is 1.58. The van der Waals surface area contributed by atoms with Gasteiger partial charge in [0.05, 0.1) is 11.3 Å². The molecule has 0 spiro atoms. The summed E-state index contributed by atoms with van der Waals surface area (Å²) in [6.45, 7) is 5.46. The quantitative estimate of drug-likeness (QED) is 0.884. The first-order valence-corrected chi connectivity index (χ1v) is 7.32. The van der Waals surface area contributed by atoms with E-state index in [9.17, 15) is 9.59 Å². The van der Waals surface area contributed by atoms with E-state index in [1.807, 2.05) is 26.8 Å². The number of carbonyl (C=O) groups excluding carboxylic acids is 2. The van der Waals surface area contributed by atoms with Crippen LogP contribution in [-0.2, 0) is 4.74 Å². The molecule has 0 aliphatic heterocycles. The molecule has 5 heteroatoms. The minimum absolute atomic E-state index is 0.171. The SMILES string of the molecule is CNC(=O)c1cccc(-c2cc(C(=O)OC(C)(C)C)ccn2)c1. The third-order valence-electron chi connectivity index (χ3n) is 3.04. The van der Waals surface area contributed by atoms with E-state index in [1.54, 1.807) is 43.6 Å². The highest BCUT2D eigenvalue weighted by molar-refractivity contribution is 5.95. The molecule has 1 amide bonds. The lowest BCUT2D eigenvalue weighted by Gasteiger charge is -2.19. The van der Waals surface area contributed by atoms with Crippen LogP contribution in [0.25, 0.3) is 11.3 Å². The minimum Gasteiger partial charge on any atom is -0.456 e. The highest BCUT2D eigenvalue weighted by atomic mass is 16.6. The zero-order valence-corrected chi connectivity index (χ0v) is 13.7. The average Bonchev–Trinajstić information content (AvgIpc) is 2.53. The number of rotatable bonds is 3. The topological polar surface area (TPSA) is 68.3 Å². The maximum absolute atomic E-state index is 12.2. The lowest BCUT2D eigenvalue weighted by Crippen LogP contribution is -2.23. The zero-order valence-electron chi connectivity index (χ0n) is 13.7. The summed E-state index contributed by atoms with van der Waals surface area (Å²) in [4.78, 5) is 28.1. The zero-order chi connectivity index (χ0) is 17.0. The second-order valence-electron chi connectivity index (χ2n) is 6.09. The Bertz CT molecular complexity index is 733. The molecule has 1 aromatic carbocycles. The highest BCUT2D eigenvalue weighted by Crippen LogP contribution is 2.20. The Labute approximate surface area is 135 Å². The molecule has 0 fully saturated rings. The molecule has 0 unspecified atom stereocenters. The van der Waals surface area contributed by atoms with Gasteiger partial charge in [-0.15, -0.1) is 0 Å². The minimum atomic E-state index is -0.556. The van der Waals surface area contributed by atoms with E-state index in [0.717, 1.165) is 5.56 Å². The molecule has 2 rings (SSSR count). The van der Waals surface area contributed by atoms with Crippen LogP contribution in [0.3, 0.4) is 0 Å². The van der Waals surface area contributed by atoms with E-state index in [1.165, 1.54) is 0 Å². The van der Waals surface area contributed by atoms with E-state index in [-0.39, 0.29) is 5.91 Å². The van der Waals surface area contributed by atoms with Gasteiger partial charge in [-0.2, -0.15) is 0 Å². The van der Waals surface area contributed by atoms with Crippen LogP contribution in [0.5, 0.6) is 0 Å². The molecule has 1 aromatic heterocycles. The first-order valence-electron chi connectivity index (χ1n) is 7.32. The number of amides is 1. The van der Waals surface area contributed by atoms with Crippen LogP contribution in [-0.4, -0.2) is 29.5 Å². The molecule has 0 aliphatic carbocycles. The Morgan fingerprint density at radius 3 is 2.48 bits per heavy atom. The Morgan fingerprint density at radius 2 is 1.83 bits per heavy atom. The molecule has 120 valence electrons. The van der Waals surface area contributed by atoms with Crippen molar-refractivity contribution < 1.29 is 14.3 Å². The van der Waals surface area contributed by atoms with Crippen molar-refractivity contribution in [3.05, 3.63) is 53.7 Å². The van der Waals surface area contributed by atoms with Crippen molar-refractivity contribution in [2.24, 2.45) is 0 Å². The van der Waals surface area contributed by atoms with Gasteiger partial charge in [-0.25, -0.2) is 4.79 Å². The molecule has 1 N–H and O–H groups in total. The largest absolute Gasteiger partial charge is 0.456 e. The molecule has 2 aromatic rings. The molecule has 0 atom stereocenters. The van der Waals surface area contributed by atoms with Crippen molar-refractivity contribution in [3.8, 4) is 11.3 Å². The number of ether oxygens (including phenoxy) is 1. The monoisotopic (exact) mass is 312 g/mol. The Morgan fingerprint density at radius 1 is 1.09 bits per heavy atom. The lowest BCUT2D eigenvalue weighted by atomic mass is 10.1. The van der Waals surface area contributed by atoms with Crippen molar-refractivity contribution >= 4 is 11.9 Å². The van der Waals surface area contributed by atoms with Gasteiger partial charge in [0.2, 0.25) is 0 Å². The summed E-state index contributed by atoms with van der Waals surface area (Å²) in [5, 5.41) is 2.58. The summed E-state index contributed by atoms with van der Waals surface area (Å²) in [6.07, 6.45) is 1.56. The van der Waals surface area contributed by atoms with Crippen LogP contribution in [0.2, 0.25) is 0 Å². The van der Waals surface area contributed by atoms with Gasteiger partial charge in [0, 0.05) is 24.4 Å². The molecule has 23 heavy (non-hydrogen) atoms. The van der Waals surface area contributed by atoms with Crippen molar-refractivity contribution in [1.82, 2.24) is 10.3 Å². The number of nitrogens with zero attached hydrogens (tertiary/aromatic N) is 1. The fourth-order valence-corrected chi connectivity index (χ4v) is 2.02. The first-order chi connectivity index (χ1) is 10.8. The standard InChI is InChI=1S/C18H20N2O3/c1-18(2,3)23-17(22)14-8-9-20-15(11-14)12-6-5-7-13(10-12)16(21)19-4/h5-11H,1-4H3,(H,19,21). The molecule has 0 saturated heterocycles. The fraction of sp³-hybridized carbons (Fsp3) is 0.278. The molecule has 1 heterocycles. The van der Waals surface area contributed by atoms with Gasteiger partial charge in [-0.05, 0) is 45.0 Å². The van der Waals surface area contributed by atoms with Gasteiger partial charge in [0.15, 0.2) is 0 Å². The number of pyridine rings is 1. The van der Waals surface area contributed by atoms with Crippen LogP contribution in [0.4, 0.5) is 0 Å². The molecule has 0 aliphatic rings. The molecule has 5 nitrogen and oxygen atoms in total. The number of carbonyl (C=O) groups is 2. The first kappa shape index (κ1) is 16.7. The second-order valence-corrected chi connectivity index (χ2v) is 6.09. The maximum atomic E-state index is 12.2. The number of hydrogen-bond donors (Lipinski definition) is 1. The van der Waals surface area contributed by atoms with E-state index in [4.69, 9.17) is 4.74 Å². The van der Waals surface area contributed by atoms with E-state index >= 15 is 0 Å². The summed E-state index contributed by atoms with van der Waals surface area (Å²) < 4.78 is 5.36. The predicted octanol–water partition coefficient (Wildman–Crippen LogP) is 3.06. The Balaban J connectivity index is 2.33. The summed E-state index contributed by atoms with van der Waals surface area (Å²) in [6, 6.07) is 10.4. The number of hydrogen-bond acceptors (Lipinski definition) is 4. The third kappa shape index (κ3) is 4.39. The van der Waals surface area contributed by atoms with Crippen molar-refractivity contribution in [2.45, 2.75) is 26.4 Å². The second kappa shape index (κ2) is 6.60. The maximum Gasteiger partial charge on any atom is 0.338 e. The average molecular weight is 312 g/mol. The highest BCUT2D eigenvalue weighted by Gasteiger charge is 2.18. The summed E-state index contributed by atoms with van der Waals surface area (Å²) in [5.74, 6) is -0.571. The van der Waals surface area contributed by atoms with Crippen LogP contribution < -0.4 is 5.32 Å². The summed E-state index contributed by atoms with van der Waals surface area (Å²) in [5.41, 5.74) is 1.78. The fourth-order valence-electron chi connectivity index (χ4n) is 2.02. The van der Waals surface area contributed by atoms with Gasteiger partial charge >= 0.3 is 5.97 Å². The van der Waals surface area contributed by atoms with Gasteiger partial charge in [0.25, 0.3) is 5.91 Å². The number of esters is 1. The van der Waals surface area contributed by atoms with Crippen molar-refractivity contribution in [2.75, 3.05) is 7.05 Å². The van der Waals surface area contributed by atoms with Gasteiger partial charge in [0.1, 0.15) is 5.60 Å². The van der Waals surface area contributed by atoms with E-state index in [2.05, 4.69) is 10.3 Å². The Hall–Kier alpha value is -2.69. The van der Waals surface area contributed by atoms with Crippen LogP contribution >= 0.6 is 0 Å². The van der Waals surface area contributed by atoms with Crippen LogP contribution in [0.1, 0.15) is 41.5 Å². The Kier molecular flexibility index (Phi) is 4.79. The molecular weight excluding hydrogens is 292 g/mol. The number of benzene rings is 1. The smallest absolute Gasteiger partial charge is 0.338 e. The van der Waals surface area contributed by atoms with Gasteiger partial charge in [-0.3, -0.25) is 9.78 Å². The molecule has 0 bridgehead atoms. The lowest BCUT2D eigenvalue weighted by molar-refractivity contribution is 0.00693. The summed E-state index contributed by atoms with van der Waals surface area (Å²) >= 11 is 0. The predicted molar refractivity (Wildman–Crippen MR) is 88.2 cm³/mol. The molecular formula is C18H20N2O3. The normalized spacial score (nSPS) is 11.0. The van der Waals surface area contributed by atoms with Crippen molar-refractivity contribution in [1.29, 1.82) is 0 Å². The molecule has 0 saturated carbocycles. The number of aromatic nitrogens is 1. The third-order valence-corrected chi connectivity index (χ3v) is 3.04. The van der Waals surface area contributed by atoms with Gasteiger partial charge in [-0.1, -0.05) is 12.1 Å². The number of nitrogens with one attached hydrogen (secondary N) is 1. The van der Waals surface area contributed by atoms with Gasteiger partial charge < -0.3 is 10.1 Å². The van der Waals surface area contributed by atoms with E-state index < -0.39 is 11.6 Å². The molecule has 0 radical (unpaired) electrons. The van der Waals surface area contributed by atoms with Crippen LogP contribution in [0, 0.1) is 0 Å². The van der Waals surface area contributed by atoms with Crippen LogP contribution in [0.15, 0.2) is 42.6 Å². The van der Waals surface area contributed by atoms with E-state index in [0.29, 0.717) is 16.8 Å².